The molecule has 0 N–H and O–H groups in total. The lowest BCUT2D eigenvalue weighted by molar-refractivity contribution is 0.306. The van der Waals surface area contributed by atoms with Crippen LogP contribution in [0.15, 0.2) is 30.5 Å². The van der Waals surface area contributed by atoms with Gasteiger partial charge in [-0.3, -0.25) is 0 Å². The van der Waals surface area contributed by atoms with Crippen LogP contribution in [0, 0.1) is 5.95 Å². The molecule has 0 bridgehead atoms. The summed E-state index contributed by atoms with van der Waals surface area (Å²) >= 11 is 0. The van der Waals surface area contributed by atoms with Gasteiger partial charge < -0.3 is 9.30 Å². The van der Waals surface area contributed by atoms with E-state index in [1.807, 2.05) is 24.3 Å². The van der Waals surface area contributed by atoms with Crippen molar-refractivity contribution in [3.05, 3.63) is 36.4 Å². The Labute approximate surface area is 86.1 Å². The standard InChI is InChI=1S/C11H9FN2O/c12-10-7-14-5-6-15-9-4-2-1-3-8(9)11(14)13-10/h1-4,7H,5-6H2. The Balaban J connectivity index is 2.26. The van der Waals surface area contributed by atoms with Crippen LogP contribution in [0.25, 0.3) is 11.4 Å². The van der Waals surface area contributed by atoms with Crippen molar-refractivity contribution >= 4 is 0 Å². The molecule has 0 radical (unpaired) electrons. The average molecular weight is 204 g/mol. The molecule has 3 rings (SSSR count). The predicted molar refractivity (Wildman–Crippen MR) is 53.1 cm³/mol. The zero-order chi connectivity index (χ0) is 10.3. The molecule has 1 aliphatic rings. The van der Waals surface area contributed by atoms with Gasteiger partial charge in [0.05, 0.1) is 18.3 Å². The van der Waals surface area contributed by atoms with E-state index in [4.69, 9.17) is 4.74 Å². The Morgan fingerprint density at radius 1 is 1.33 bits per heavy atom. The highest BCUT2D eigenvalue weighted by Gasteiger charge is 2.17. The van der Waals surface area contributed by atoms with E-state index in [1.165, 1.54) is 6.20 Å². The highest BCUT2D eigenvalue weighted by Crippen LogP contribution is 2.30. The molecule has 4 heteroatoms. The lowest BCUT2D eigenvalue weighted by Gasteiger charge is -2.04. The average Bonchev–Trinajstić information content (AvgIpc) is 2.52. The van der Waals surface area contributed by atoms with Gasteiger partial charge >= 0.3 is 0 Å². The molecule has 0 aliphatic carbocycles. The molecular weight excluding hydrogens is 195 g/mol. The van der Waals surface area contributed by atoms with Crippen molar-refractivity contribution in [1.29, 1.82) is 0 Å². The summed E-state index contributed by atoms with van der Waals surface area (Å²) in [6, 6.07) is 7.55. The topological polar surface area (TPSA) is 27.1 Å². The Kier molecular flexibility index (Phi) is 1.74. The van der Waals surface area contributed by atoms with E-state index in [9.17, 15) is 4.39 Å². The van der Waals surface area contributed by atoms with Crippen LogP contribution >= 0.6 is 0 Å². The molecule has 2 aromatic rings. The molecule has 0 unspecified atom stereocenters. The van der Waals surface area contributed by atoms with Crippen molar-refractivity contribution in [3.63, 3.8) is 0 Å². The van der Waals surface area contributed by atoms with Gasteiger partial charge in [-0.1, -0.05) is 12.1 Å². The summed E-state index contributed by atoms with van der Waals surface area (Å²) in [7, 11) is 0. The molecule has 15 heavy (non-hydrogen) atoms. The fraction of sp³-hybridized carbons (Fsp3) is 0.182. The van der Waals surface area contributed by atoms with Crippen LogP contribution in [0.3, 0.4) is 0 Å². The third kappa shape index (κ3) is 1.29. The van der Waals surface area contributed by atoms with Crippen LogP contribution in [0.5, 0.6) is 5.75 Å². The van der Waals surface area contributed by atoms with Crippen molar-refractivity contribution in [1.82, 2.24) is 9.55 Å². The summed E-state index contributed by atoms with van der Waals surface area (Å²) in [6.45, 7) is 1.17. The van der Waals surface area contributed by atoms with Crippen LogP contribution in [0.1, 0.15) is 0 Å². The minimum absolute atomic E-state index is 0.443. The number of imidazole rings is 1. The van der Waals surface area contributed by atoms with Crippen molar-refractivity contribution in [3.8, 4) is 17.1 Å². The van der Waals surface area contributed by atoms with E-state index >= 15 is 0 Å². The van der Waals surface area contributed by atoms with Crippen molar-refractivity contribution in [2.45, 2.75) is 6.54 Å². The number of aromatic nitrogens is 2. The van der Waals surface area contributed by atoms with Crippen LogP contribution in [0.2, 0.25) is 0 Å². The molecule has 0 saturated heterocycles. The second-order valence-corrected chi connectivity index (χ2v) is 3.43. The molecule has 0 amide bonds. The van der Waals surface area contributed by atoms with E-state index in [1.54, 1.807) is 4.57 Å². The van der Waals surface area contributed by atoms with Gasteiger partial charge in [0.2, 0.25) is 5.95 Å². The Morgan fingerprint density at radius 2 is 2.20 bits per heavy atom. The van der Waals surface area contributed by atoms with Crippen molar-refractivity contribution < 1.29 is 9.13 Å². The Bertz CT molecular complexity index is 507. The lowest BCUT2D eigenvalue weighted by atomic mass is 10.2. The summed E-state index contributed by atoms with van der Waals surface area (Å²) in [4.78, 5) is 3.87. The van der Waals surface area contributed by atoms with E-state index in [2.05, 4.69) is 4.98 Å². The smallest absolute Gasteiger partial charge is 0.231 e. The van der Waals surface area contributed by atoms with E-state index < -0.39 is 5.95 Å². The summed E-state index contributed by atoms with van der Waals surface area (Å²) < 4.78 is 20.4. The number of nitrogens with zero attached hydrogens (tertiary/aromatic N) is 2. The molecule has 0 spiro atoms. The number of halogens is 1. The van der Waals surface area contributed by atoms with Crippen molar-refractivity contribution in [2.24, 2.45) is 0 Å². The Hall–Kier alpha value is -1.84. The van der Waals surface area contributed by atoms with Gasteiger partial charge in [-0.25, -0.2) is 0 Å². The first-order valence-corrected chi connectivity index (χ1v) is 4.79. The van der Waals surface area contributed by atoms with Gasteiger partial charge in [-0.2, -0.15) is 9.37 Å². The maximum Gasteiger partial charge on any atom is 0.231 e. The van der Waals surface area contributed by atoms with Gasteiger partial charge in [0.25, 0.3) is 0 Å². The van der Waals surface area contributed by atoms with Gasteiger partial charge in [-0.15, -0.1) is 0 Å². The summed E-state index contributed by atoms with van der Waals surface area (Å²) in [6.07, 6.45) is 1.40. The van der Waals surface area contributed by atoms with Crippen LogP contribution in [-0.4, -0.2) is 16.2 Å². The lowest BCUT2D eigenvalue weighted by Crippen LogP contribution is -2.04. The second kappa shape index (κ2) is 3.08. The van der Waals surface area contributed by atoms with E-state index in [0.29, 0.717) is 19.0 Å². The van der Waals surface area contributed by atoms with E-state index in [0.717, 1.165) is 11.3 Å². The molecule has 1 aromatic carbocycles. The molecule has 3 nitrogen and oxygen atoms in total. The van der Waals surface area contributed by atoms with Gasteiger partial charge in [0.1, 0.15) is 18.2 Å². The molecule has 76 valence electrons. The predicted octanol–water partition coefficient (Wildman–Crippen LogP) is 2.08. The largest absolute Gasteiger partial charge is 0.491 e. The zero-order valence-corrected chi connectivity index (χ0v) is 7.98. The van der Waals surface area contributed by atoms with Crippen LogP contribution in [0.4, 0.5) is 4.39 Å². The maximum absolute atomic E-state index is 13.0. The number of rotatable bonds is 0. The molecule has 1 aromatic heterocycles. The highest BCUT2D eigenvalue weighted by molar-refractivity contribution is 5.64. The maximum atomic E-state index is 13.0. The fourth-order valence-corrected chi connectivity index (χ4v) is 1.80. The third-order valence-electron chi connectivity index (χ3n) is 2.46. The van der Waals surface area contributed by atoms with Crippen LogP contribution in [-0.2, 0) is 6.54 Å². The summed E-state index contributed by atoms with van der Waals surface area (Å²) in [5.74, 6) is 0.962. The molecular formula is C11H9FN2O. The first-order chi connectivity index (χ1) is 7.34. The highest BCUT2D eigenvalue weighted by atomic mass is 19.1. The molecule has 1 aliphatic heterocycles. The monoisotopic (exact) mass is 204 g/mol. The van der Waals surface area contributed by atoms with Gasteiger partial charge in [-0.05, 0) is 12.1 Å². The molecule has 0 saturated carbocycles. The molecule has 0 fully saturated rings. The first-order valence-electron chi connectivity index (χ1n) is 4.79. The van der Waals surface area contributed by atoms with Gasteiger partial charge in [0, 0.05) is 0 Å². The number of fused-ring (bicyclic) bond motifs is 3. The molecule has 0 atom stereocenters. The van der Waals surface area contributed by atoms with Crippen LogP contribution < -0.4 is 4.74 Å². The Morgan fingerprint density at radius 3 is 3.13 bits per heavy atom. The first kappa shape index (κ1) is 8.47. The molecule has 2 heterocycles. The number of hydrogen-bond donors (Lipinski definition) is 0. The van der Waals surface area contributed by atoms with Gasteiger partial charge in [0.15, 0.2) is 0 Å². The minimum Gasteiger partial charge on any atom is -0.491 e. The van der Waals surface area contributed by atoms with E-state index in [-0.39, 0.29) is 0 Å². The number of ether oxygens (including phenoxy) is 1. The normalized spacial score (nSPS) is 13.7. The quantitative estimate of drug-likeness (QED) is 0.657. The number of hydrogen-bond acceptors (Lipinski definition) is 2. The minimum atomic E-state index is -0.443. The number of benzene rings is 1. The summed E-state index contributed by atoms with van der Waals surface area (Å²) in [5.41, 5.74) is 0.846. The number of para-hydroxylation sites is 1. The zero-order valence-electron chi connectivity index (χ0n) is 7.98. The third-order valence-corrected chi connectivity index (χ3v) is 2.46. The van der Waals surface area contributed by atoms with Crippen molar-refractivity contribution in [2.75, 3.05) is 6.61 Å². The summed E-state index contributed by atoms with van der Waals surface area (Å²) in [5, 5.41) is 0. The fourth-order valence-electron chi connectivity index (χ4n) is 1.80. The SMILES string of the molecule is Fc1cn2c(n1)-c1ccccc1OCC2. The second-order valence-electron chi connectivity index (χ2n) is 3.43.